The van der Waals surface area contributed by atoms with Gasteiger partial charge in [-0.25, -0.2) is 0 Å². The van der Waals surface area contributed by atoms with Crippen molar-refractivity contribution < 1.29 is 4.74 Å². The summed E-state index contributed by atoms with van der Waals surface area (Å²) in [5, 5.41) is 3.43. The van der Waals surface area contributed by atoms with Gasteiger partial charge in [0, 0.05) is 32.3 Å². The van der Waals surface area contributed by atoms with Gasteiger partial charge in [0.1, 0.15) is 0 Å². The number of hydrogen-bond donors (Lipinski definition) is 1. The molecule has 0 bridgehead atoms. The van der Waals surface area contributed by atoms with Crippen molar-refractivity contribution in [2.75, 3.05) is 32.8 Å². The summed E-state index contributed by atoms with van der Waals surface area (Å²) in [7, 11) is 0. The predicted octanol–water partition coefficient (Wildman–Crippen LogP) is 1.24. The first kappa shape index (κ1) is 11.4. The normalized spacial score (nSPS) is 33.4. The van der Waals surface area contributed by atoms with Crippen molar-refractivity contribution >= 4 is 0 Å². The van der Waals surface area contributed by atoms with Gasteiger partial charge in [0.25, 0.3) is 0 Å². The molecule has 3 nitrogen and oxygen atoms in total. The molecule has 3 heteroatoms. The number of nitrogens with zero attached hydrogens (tertiary/aromatic N) is 1. The van der Waals surface area contributed by atoms with Crippen molar-refractivity contribution in [1.82, 2.24) is 10.2 Å². The van der Waals surface area contributed by atoms with Crippen LogP contribution in [-0.4, -0.2) is 49.8 Å². The van der Waals surface area contributed by atoms with Crippen LogP contribution >= 0.6 is 0 Å². The highest BCUT2D eigenvalue weighted by Gasteiger charge is 2.19. The van der Waals surface area contributed by atoms with Gasteiger partial charge in [-0.3, -0.25) is 4.90 Å². The number of piperazine rings is 1. The van der Waals surface area contributed by atoms with Gasteiger partial charge in [-0.05, 0) is 39.2 Å². The molecule has 1 N–H and O–H groups in total. The standard InChI is InChI=1S/C12H24N2O/c1-11-10-13-6-8-14(11)7-2-4-12-5-3-9-15-12/h11-13H,2-10H2,1H3/t11-,12?/m0/s1. The fourth-order valence-corrected chi connectivity index (χ4v) is 2.61. The molecule has 1 unspecified atom stereocenters. The second kappa shape index (κ2) is 5.83. The molecule has 0 radical (unpaired) electrons. The van der Waals surface area contributed by atoms with Crippen LogP contribution in [0.1, 0.15) is 32.6 Å². The van der Waals surface area contributed by atoms with Crippen molar-refractivity contribution in [2.24, 2.45) is 0 Å². The van der Waals surface area contributed by atoms with E-state index in [0.717, 1.165) is 19.7 Å². The Kier molecular flexibility index (Phi) is 4.42. The van der Waals surface area contributed by atoms with Crippen molar-refractivity contribution in [2.45, 2.75) is 44.8 Å². The molecule has 2 rings (SSSR count). The highest BCUT2D eigenvalue weighted by molar-refractivity contribution is 4.76. The summed E-state index contributed by atoms with van der Waals surface area (Å²) in [5.74, 6) is 0. The molecule has 2 fully saturated rings. The summed E-state index contributed by atoms with van der Waals surface area (Å²) in [4.78, 5) is 2.60. The van der Waals surface area contributed by atoms with Crippen LogP contribution in [0.2, 0.25) is 0 Å². The van der Waals surface area contributed by atoms with E-state index in [2.05, 4.69) is 17.1 Å². The van der Waals surface area contributed by atoms with Crippen LogP contribution in [0.25, 0.3) is 0 Å². The van der Waals surface area contributed by atoms with E-state index in [9.17, 15) is 0 Å². The summed E-state index contributed by atoms with van der Waals surface area (Å²) in [5.41, 5.74) is 0. The molecule has 2 heterocycles. The van der Waals surface area contributed by atoms with Crippen LogP contribution in [0.3, 0.4) is 0 Å². The highest BCUT2D eigenvalue weighted by atomic mass is 16.5. The van der Waals surface area contributed by atoms with E-state index in [0.29, 0.717) is 12.1 Å². The molecule has 0 saturated carbocycles. The smallest absolute Gasteiger partial charge is 0.0576 e. The number of hydrogen-bond acceptors (Lipinski definition) is 3. The third-order valence-electron chi connectivity index (χ3n) is 3.63. The van der Waals surface area contributed by atoms with E-state index in [1.165, 1.54) is 38.8 Å². The molecule has 15 heavy (non-hydrogen) atoms. The van der Waals surface area contributed by atoms with Crippen LogP contribution < -0.4 is 5.32 Å². The Hall–Kier alpha value is -0.120. The van der Waals surface area contributed by atoms with Crippen LogP contribution in [0, 0.1) is 0 Å². The van der Waals surface area contributed by atoms with E-state index >= 15 is 0 Å². The zero-order valence-corrected chi connectivity index (χ0v) is 9.87. The summed E-state index contributed by atoms with van der Waals surface area (Å²) >= 11 is 0. The molecule has 0 amide bonds. The van der Waals surface area contributed by atoms with Crippen molar-refractivity contribution in [3.05, 3.63) is 0 Å². The molecule has 0 aliphatic carbocycles. The molecular weight excluding hydrogens is 188 g/mol. The van der Waals surface area contributed by atoms with Crippen LogP contribution in [0.15, 0.2) is 0 Å². The van der Waals surface area contributed by atoms with E-state index in [4.69, 9.17) is 4.74 Å². The minimum Gasteiger partial charge on any atom is -0.378 e. The number of rotatable bonds is 4. The lowest BCUT2D eigenvalue weighted by molar-refractivity contribution is 0.0942. The Morgan fingerprint density at radius 2 is 2.40 bits per heavy atom. The summed E-state index contributed by atoms with van der Waals surface area (Å²) in [6, 6.07) is 0.711. The third kappa shape index (κ3) is 3.44. The van der Waals surface area contributed by atoms with Gasteiger partial charge in [-0.2, -0.15) is 0 Å². The Morgan fingerprint density at radius 1 is 1.47 bits per heavy atom. The first-order chi connectivity index (χ1) is 7.36. The van der Waals surface area contributed by atoms with Crippen LogP contribution in [0.4, 0.5) is 0 Å². The van der Waals surface area contributed by atoms with Gasteiger partial charge in [0.05, 0.1) is 6.10 Å². The number of ether oxygens (including phenoxy) is 1. The maximum atomic E-state index is 5.64. The quantitative estimate of drug-likeness (QED) is 0.759. The van der Waals surface area contributed by atoms with E-state index in [1.54, 1.807) is 0 Å². The van der Waals surface area contributed by atoms with Crippen molar-refractivity contribution in [3.8, 4) is 0 Å². The fourth-order valence-electron chi connectivity index (χ4n) is 2.61. The molecule has 88 valence electrons. The first-order valence-electron chi connectivity index (χ1n) is 6.42. The van der Waals surface area contributed by atoms with Crippen molar-refractivity contribution in [1.29, 1.82) is 0 Å². The SMILES string of the molecule is C[C@H]1CNCCN1CCCC1CCCO1. The molecule has 2 aliphatic heterocycles. The maximum absolute atomic E-state index is 5.64. The molecule has 2 saturated heterocycles. The average Bonchev–Trinajstić information content (AvgIpc) is 2.74. The van der Waals surface area contributed by atoms with Gasteiger partial charge in [0.15, 0.2) is 0 Å². The van der Waals surface area contributed by atoms with E-state index in [1.807, 2.05) is 0 Å². The third-order valence-corrected chi connectivity index (χ3v) is 3.63. The molecule has 0 spiro atoms. The van der Waals surface area contributed by atoms with Crippen LogP contribution in [-0.2, 0) is 4.74 Å². The van der Waals surface area contributed by atoms with Gasteiger partial charge in [-0.15, -0.1) is 0 Å². The van der Waals surface area contributed by atoms with Gasteiger partial charge in [-0.1, -0.05) is 0 Å². The van der Waals surface area contributed by atoms with Gasteiger partial charge in [0.2, 0.25) is 0 Å². The Morgan fingerprint density at radius 3 is 3.13 bits per heavy atom. The van der Waals surface area contributed by atoms with Crippen molar-refractivity contribution in [3.63, 3.8) is 0 Å². The monoisotopic (exact) mass is 212 g/mol. The average molecular weight is 212 g/mol. The molecule has 0 aromatic heterocycles. The second-order valence-electron chi connectivity index (χ2n) is 4.87. The zero-order valence-electron chi connectivity index (χ0n) is 9.87. The molecule has 0 aromatic rings. The fraction of sp³-hybridized carbons (Fsp3) is 1.00. The lowest BCUT2D eigenvalue weighted by Crippen LogP contribution is -2.49. The Bertz CT molecular complexity index is 180. The van der Waals surface area contributed by atoms with Gasteiger partial charge >= 0.3 is 0 Å². The minimum absolute atomic E-state index is 0.572. The molecule has 2 aliphatic rings. The number of nitrogens with one attached hydrogen (secondary N) is 1. The summed E-state index contributed by atoms with van der Waals surface area (Å²) < 4.78 is 5.64. The Labute approximate surface area is 93.2 Å². The van der Waals surface area contributed by atoms with E-state index < -0.39 is 0 Å². The molecule has 2 atom stereocenters. The summed E-state index contributed by atoms with van der Waals surface area (Å²) in [6.07, 6.45) is 5.69. The van der Waals surface area contributed by atoms with Crippen LogP contribution in [0.5, 0.6) is 0 Å². The summed E-state index contributed by atoms with van der Waals surface area (Å²) in [6.45, 7) is 8.09. The van der Waals surface area contributed by atoms with E-state index in [-0.39, 0.29) is 0 Å². The lowest BCUT2D eigenvalue weighted by atomic mass is 10.1. The zero-order chi connectivity index (χ0) is 10.5. The highest BCUT2D eigenvalue weighted by Crippen LogP contribution is 2.17. The molecule has 0 aromatic carbocycles. The minimum atomic E-state index is 0.572. The Balaban J connectivity index is 1.59. The largest absolute Gasteiger partial charge is 0.378 e. The topological polar surface area (TPSA) is 24.5 Å². The predicted molar refractivity (Wildman–Crippen MR) is 62.1 cm³/mol. The lowest BCUT2D eigenvalue weighted by Gasteiger charge is -2.34. The van der Waals surface area contributed by atoms with Gasteiger partial charge < -0.3 is 10.1 Å². The maximum Gasteiger partial charge on any atom is 0.0576 e. The second-order valence-corrected chi connectivity index (χ2v) is 4.87. The molecular formula is C12H24N2O. The first-order valence-corrected chi connectivity index (χ1v) is 6.42.